The van der Waals surface area contributed by atoms with Crippen LogP contribution in [0.15, 0.2) is 72.9 Å². The fraction of sp³-hybridized carbons (Fsp3) is 0.683. The van der Waals surface area contributed by atoms with Crippen molar-refractivity contribution in [3.8, 4) is 0 Å². The maximum atomic E-state index is 12.5. The zero-order valence-electron chi connectivity index (χ0n) is 31.6. The minimum Gasteiger partial charge on any atom is -0.457 e. The third kappa shape index (κ3) is 37.2. The number of ether oxygens (including phenoxy) is 2. The van der Waals surface area contributed by atoms with E-state index in [2.05, 4.69) is 74.6 Å². The first-order valence-electron chi connectivity index (χ1n) is 19.4. The van der Waals surface area contributed by atoms with E-state index in [0.717, 1.165) is 44.9 Å². The molecule has 0 heterocycles. The van der Waals surface area contributed by atoms with Crippen molar-refractivity contribution in [2.45, 2.75) is 148 Å². The van der Waals surface area contributed by atoms with Crippen LogP contribution >= 0.6 is 7.82 Å². The molecule has 0 aromatic heterocycles. The number of rotatable bonds is 36. The molecule has 2 unspecified atom stereocenters. The highest BCUT2D eigenvalue weighted by Crippen LogP contribution is 2.43. The van der Waals surface area contributed by atoms with Crippen LogP contribution in [0.25, 0.3) is 0 Å². The topological polar surface area (TPSA) is 117 Å². The van der Waals surface area contributed by atoms with E-state index < -0.39 is 19.9 Å². The molecule has 0 aromatic carbocycles. The van der Waals surface area contributed by atoms with Crippen molar-refractivity contribution < 1.29 is 32.8 Å². The normalized spacial score (nSPS) is 14.4. The van der Waals surface area contributed by atoms with E-state index >= 15 is 0 Å². The van der Waals surface area contributed by atoms with Crippen molar-refractivity contribution in [1.82, 2.24) is 0 Å². The number of allylic oxidation sites excluding steroid dienone is 11. The fourth-order valence-corrected chi connectivity index (χ4v) is 5.59. The monoisotopic (exact) mass is 722 g/mol. The summed E-state index contributed by atoms with van der Waals surface area (Å²) < 4.78 is 33.2. The maximum Gasteiger partial charge on any atom is 0.472 e. The molecule has 0 aliphatic carbocycles. The number of unbranched alkanes of at least 4 members (excludes halogenated alkanes) is 12. The van der Waals surface area contributed by atoms with Crippen LogP contribution in [0.2, 0.25) is 0 Å². The number of carbonyl (C=O) groups excluding carboxylic acids is 1. The quantitative estimate of drug-likeness (QED) is 0.0284. The number of phosphoric ester groups is 1. The summed E-state index contributed by atoms with van der Waals surface area (Å²) in [7, 11) is -4.30. The molecule has 0 bridgehead atoms. The van der Waals surface area contributed by atoms with E-state index in [1.54, 1.807) is 6.08 Å². The molecule has 9 heteroatoms. The maximum absolute atomic E-state index is 12.5. The van der Waals surface area contributed by atoms with Gasteiger partial charge in [0.15, 0.2) is 0 Å². The lowest BCUT2D eigenvalue weighted by Gasteiger charge is -2.19. The van der Waals surface area contributed by atoms with Gasteiger partial charge in [0.05, 0.1) is 26.2 Å². The van der Waals surface area contributed by atoms with Crippen molar-refractivity contribution in [2.75, 3.05) is 33.0 Å². The molecule has 0 rings (SSSR count). The summed E-state index contributed by atoms with van der Waals surface area (Å²) in [6.45, 7) is 4.63. The molecule has 0 spiro atoms. The molecular formula is C41H72NO7P. The first-order chi connectivity index (χ1) is 24.4. The smallest absolute Gasteiger partial charge is 0.457 e. The average molecular weight is 722 g/mol. The second-order valence-corrected chi connectivity index (χ2v) is 13.9. The van der Waals surface area contributed by atoms with E-state index in [-0.39, 0.29) is 32.8 Å². The Balaban J connectivity index is 4.24. The van der Waals surface area contributed by atoms with Crippen LogP contribution in [0.3, 0.4) is 0 Å². The SMILES string of the molecule is CC/C=C\C/C=C\C/C=C\C/C=C\C/C=C\CC(=O)OC(COCCCCCCCC/C=C\CCCCCCCC)COP(=O)(O)OCCN. The highest BCUT2D eigenvalue weighted by Gasteiger charge is 2.25. The van der Waals surface area contributed by atoms with Crippen molar-refractivity contribution in [3.63, 3.8) is 0 Å². The molecule has 3 N–H and O–H groups in total. The van der Waals surface area contributed by atoms with E-state index in [4.69, 9.17) is 24.3 Å². The molecular weight excluding hydrogens is 649 g/mol. The van der Waals surface area contributed by atoms with Crippen LogP contribution in [-0.2, 0) is 27.9 Å². The highest BCUT2D eigenvalue weighted by atomic mass is 31.2. The number of nitrogens with two attached hydrogens (primary N) is 1. The van der Waals surface area contributed by atoms with Crippen LogP contribution in [-0.4, -0.2) is 49.9 Å². The zero-order chi connectivity index (χ0) is 36.6. The molecule has 50 heavy (non-hydrogen) atoms. The fourth-order valence-electron chi connectivity index (χ4n) is 4.83. The number of esters is 1. The summed E-state index contributed by atoms with van der Waals surface area (Å²) in [6.07, 6.45) is 46.6. The lowest BCUT2D eigenvalue weighted by atomic mass is 10.1. The number of phosphoric acid groups is 1. The van der Waals surface area contributed by atoms with Crippen molar-refractivity contribution in [2.24, 2.45) is 5.73 Å². The summed E-state index contributed by atoms with van der Waals surface area (Å²) in [5.74, 6) is -0.462. The van der Waals surface area contributed by atoms with Gasteiger partial charge >= 0.3 is 13.8 Å². The lowest BCUT2D eigenvalue weighted by Crippen LogP contribution is -2.28. The Morgan fingerprint density at radius 1 is 0.620 bits per heavy atom. The molecule has 0 aromatic rings. The first kappa shape index (κ1) is 47.9. The standard InChI is InChI=1S/C41H72NO7P/c1-3-5-7-9-11-13-15-17-19-21-23-25-27-29-31-33-36-46-38-40(39-48-50(44,45)47-37-35-42)49-41(43)34-32-30-28-26-24-22-20-18-16-14-12-10-8-6-4-2/h6,8,12,14,17-20,24,26,30,32,40H,3-5,7,9-11,13,15-16,21-23,25,27-29,31,33-39,42H2,1-2H3,(H,44,45)/b8-6-,14-12-,19-17-,20-18-,26-24-,32-30-. The van der Waals surface area contributed by atoms with Gasteiger partial charge in [-0.25, -0.2) is 4.57 Å². The first-order valence-corrected chi connectivity index (χ1v) is 20.9. The number of hydrogen-bond acceptors (Lipinski definition) is 7. The number of hydrogen-bond donors (Lipinski definition) is 2. The van der Waals surface area contributed by atoms with Gasteiger partial charge in [0, 0.05) is 13.2 Å². The largest absolute Gasteiger partial charge is 0.472 e. The summed E-state index contributed by atoms with van der Waals surface area (Å²) in [4.78, 5) is 22.3. The van der Waals surface area contributed by atoms with Gasteiger partial charge in [-0.3, -0.25) is 13.8 Å². The molecule has 0 radical (unpaired) electrons. The Kier molecular flexibility index (Phi) is 36.6. The third-order valence-corrected chi connectivity index (χ3v) is 8.62. The van der Waals surface area contributed by atoms with E-state index in [1.807, 2.05) is 6.08 Å². The van der Waals surface area contributed by atoms with E-state index in [1.165, 1.54) is 70.6 Å². The molecule has 8 nitrogen and oxygen atoms in total. The van der Waals surface area contributed by atoms with Gasteiger partial charge < -0.3 is 20.1 Å². The summed E-state index contributed by atoms with van der Waals surface area (Å²) in [5, 5.41) is 0. The molecule has 0 fully saturated rings. The third-order valence-electron chi connectivity index (χ3n) is 7.64. The molecule has 0 aliphatic rings. The second-order valence-electron chi connectivity index (χ2n) is 12.4. The Bertz CT molecular complexity index is 989. The molecule has 288 valence electrons. The predicted molar refractivity (Wildman–Crippen MR) is 210 cm³/mol. The van der Waals surface area contributed by atoms with Gasteiger partial charge in [0.2, 0.25) is 0 Å². The summed E-state index contributed by atoms with van der Waals surface area (Å²) in [5.41, 5.74) is 5.35. The van der Waals surface area contributed by atoms with Gasteiger partial charge in [-0.2, -0.15) is 0 Å². The molecule has 0 saturated carbocycles. The summed E-state index contributed by atoms with van der Waals surface area (Å²) in [6, 6.07) is 0. The van der Waals surface area contributed by atoms with Gasteiger partial charge in [0.25, 0.3) is 0 Å². The van der Waals surface area contributed by atoms with Crippen molar-refractivity contribution >= 4 is 13.8 Å². The minimum atomic E-state index is -4.30. The Hall–Kier alpha value is -2.06. The van der Waals surface area contributed by atoms with Crippen LogP contribution in [0.1, 0.15) is 142 Å². The van der Waals surface area contributed by atoms with Gasteiger partial charge in [-0.1, -0.05) is 145 Å². The minimum absolute atomic E-state index is 0.0688. The van der Waals surface area contributed by atoms with Crippen LogP contribution in [0, 0.1) is 0 Å². The van der Waals surface area contributed by atoms with Crippen LogP contribution in [0.4, 0.5) is 0 Å². The average Bonchev–Trinajstić information content (AvgIpc) is 3.10. The van der Waals surface area contributed by atoms with Crippen LogP contribution in [0.5, 0.6) is 0 Å². The highest BCUT2D eigenvalue weighted by molar-refractivity contribution is 7.47. The van der Waals surface area contributed by atoms with Gasteiger partial charge in [0.1, 0.15) is 6.10 Å². The Labute approximate surface area is 305 Å². The molecule has 0 saturated heterocycles. The molecule has 0 aliphatic heterocycles. The van der Waals surface area contributed by atoms with Crippen molar-refractivity contribution in [1.29, 1.82) is 0 Å². The molecule has 2 atom stereocenters. The van der Waals surface area contributed by atoms with Crippen molar-refractivity contribution in [3.05, 3.63) is 72.9 Å². The Morgan fingerprint density at radius 2 is 1.12 bits per heavy atom. The summed E-state index contributed by atoms with van der Waals surface area (Å²) >= 11 is 0. The Morgan fingerprint density at radius 3 is 1.66 bits per heavy atom. The van der Waals surface area contributed by atoms with Crippen LogP contribution < -0.4 is 5.73 Å². The van der Waals surface area contributed by atoms with E-state index in [0.29, 0.717) is 13.0 Å². The van der Waals surface area contributed by atoms with Gasteiger partial charge in [-0.05, 0) is 64.2 Å². The van der Waals surface area contributed by atoms with Gasteiger partial charge in [-0.15, -0.1) is 0 Å². The zero-order valence-corrected chi connectivity index (χ0v) is 32.5. The second kappa shape index (κ2) is 38.2. The van der Waals surface area contributed by atoms with E-state index in [9.17, 15) is 14.3 Å². The lowest BCUT2D eigenvalue weighted by molar-refractivity contribution is -0.153. The predicted octanol–water partition coefficient (Wildman–Crippen LogP) is 11.2. The molecule has 0 amide bonds. The number of carbonyl (C=O) groups is 1.